The summed E-state index contributed by atoms with van der Waals surface area (Å²) in [6, 6.07) is 8.00. The van der Waals surface area contributed by atoms with Crippen LogP contribution < -0.4 is 10.9 Å². The van der Waals surface area contributed by atoms with Gasteiger partial charge in [0.05, 0.1) is 13.2 Å². The largest absolute Gasteiger partial charge is 0.379 e. The number of amides is 1. The molecule has 2 aromatic rings. The van der Waals surface area contributed by atoms with Crippen LogP contribution in [0.25, 0.3) is 0 Å². The van der Waals surface area contributed by atoms with Crippen molar-refractivity contribution in [1.82, 2.24) is 19.8 Å². The Morgan fingerprint density at radius 3 is 2.67 bits per heavy atom. The van der Waals surface area contributed by atoms with Crippen LogP contribution in [0.3, 0.4) is 0 Å². The molecule has 2 heterocycles. The van der Waals surface area contributed by atoms with Crippen molar-refractivity contribution >= 4 is 33.6 Å². The highest BCUT2D eigenvalue weighted by Crippen LogP contribution is 2.19. The van der Waals surface area contributed by atoms with E-state index in [-0.39, 0.29) is 11.5 Å². The summed E-state index contributed by atoms with van der Waals surface area (Å²) in [5.74, 6) is 0.930. The summed E-state index contributed by atoms with van der Waals surface area (Å²) < 4.78 is 8.00. The number of nitrogens with zero attached hydrogens (tertiary/aromatic N) is 3. The number of thioether (sulfide) groups is 1. The van der Waals surface area contributed by atoms with Gasteiger partial charge in [0.25, 0.3) is 5.56 Å². The first-order chi connectivity index (χ1) is 15.9. The molecule has 1 aliphatic heterocycles. The van der Waals surface area contributed by atoms with E-state index in [4.69, 9.17) is 4.74 Å². The number of nitrogens with one attached hydrogen (secondary N) is 1. The van der Waals surface area contributed by atoms with Crippen molar-refractivity contribution in [3.8, 4) is 0 Å². The quantitative estimate of drug-likeness (QED) is 0.270. The van der Waals surface area contributed by atoms with Crippen LogP contribution in [0.2, 0.25) is 0 Å². The monoisotopic (exact) mass is 536 g/mol. The number of hydrogen-bond acceptors (Lipinski definition) is 6. The molecule has 3 rings (SSSR count). The summed E-state index contributed by atoms with van der Waals surface area (Å²) in [6.45, 7) is 6.90. The topological polar surface area (TPSA) is 76.5 Å². The maximum atomic E-state index is 12.9. The molecule has 0 spiro atoms. The predicted octanol–water partition coefficient (Wildman–Crippen LogP) is 3.15. The van der Waals surface area contributed by atoms with E-state index >= 15 is 0 Å². The molecule has 0 saturated carbocycles. The fourth-order valence-corrected chi connectivity index (χ4v) is 4.96. The van der Waals surface area contributed by atoms with E-state index in [1.54, 1.807) is 23.4 Å². The maximum absolute atomic E-state index is 12.9. The Kier molecular flexibility index (Phi) is 10.4. The number of hydrogen-bond donors (Lipinski definition) is 1. The summed E-state index contributed by atoms with van der Waals surface area (Å²) in [7, 11) is 1.78. The Balaban J connectivity index is 1.39. The Labute approximate surface area is 208 Å². The van der Waals surface area contributed by atoms with Crippen LogP contribution in [0.4, 0.5) is 0 Å². The molecule has 1 aromatic carbocycles. The number of carbonyl (C=O) groups is 1. The van der Waals surface area contributed by atoms with E-state index in [1.165, 1.54) is 0 Å². The molecule has 0 atom stereocenters. The Morgan fingerprint density at radius 2 is 1.94 bits per heavy atom. The van der Waals surface area contributed by atoms with Crippen molar-refractivity contribution in [3.05, 3.63) is 55.9 Å². The smallest absolute Gasteiger partial charge is 0.257 e. The van der Waals surface area contributed by atoms with Gasteiger partial charge >= 0.3 is 0 Å². The molecule has 180 valence electrons. The first kappa shape index (κ1) is 25.9. The minimum atomic E-state index is 0.00700. The molecule has 1 aromatic heterocycles. The first-order valence-electron chi connectivity index (χ1n) is 11.4. The zero-order chi connectivity index (χ0) is 23.6. The zero-order valence-electron chi connectivity index (χ0n) is 19.4. The van der Waals surface area contributed by atoms with Gasteiger partial charge in [-0.25, -0.2) is 4.98 Å². The van der Waals surface area contributed by atoms with Gasteiger partial charge in [-0.2, -0.15) is 0 Å². The van der Waals surface area contributed by atoms with Crippen LogP contribution >= 0.6 is 27.7 Å². The highest BCUT2D eigenvalue weighted by Gasteiger charge is 2.13. The maximum Gasteiger partial charge on any atom is 0.257 e. The van der Waals surface area contributed by atoms with Crippen LogP contribution in [0.15, 0.2) is 38.7 Å². The van der Waals surface area contributed by atoms with Crippen molar-refractivity contribution in [2.45, 2.75) is 37.8 Å². The lowest BCUT2D eigenvalue weighted by Crippen LogP contribution is -2.41. The number of benzene rings is 1. The van der Waals surface area contributed by atoms with Gasteiger partial charge in [0.15, 0.2) is 5.16 Å². The zero-order valence-corrected chi connectivity index (χ0v) is 21.8. The van der Waals surface area contributed by atoms with E-state index in [0.717, 1.165) is 77.9 Å². The van der Waals surface area contributed by atoms with Gasteiger partial charge in [-0.05, 0) is 37.5 Å². The third-order valence-electron chi connectivity index (χ3n) is 5.73. The fraction of sp³-hybridized carbons (Fsp3) is 0.542. The summed E-state index contributed by atoms with van der Waals surface area (Å²) in [6.07, 6.45) is 2.83. The third-order valence-corrected chi connectivity index (χ3v) is 7.37. The van der Waals surface area contributed by atoms with Gasteiger partial charge in [-0.3, -0.25) is 19.1 Å². The van der Waals surface area contributed by atoms with Crippen LogP contribution in [0.1, 0.15) is 36.1 Å². The van der Waals surface area contributed by atoms with Crippen molar-refractivity contribution in [2.75, 3.05) is 45.1 Å². The lowest BCUT2D eigenvalue weighted by molar-refractivity contribution is -0.121. The average molecular weight is 538 g/mol. The molecular formula is C24H33BrN4O3S. The summed E-state index contributed by atoms with van der Waals surface area (Å²) >= 11 is 5.02. The molecule has 1 aliphatic rings. The highest BCUT2D eigenvalue weighted by atomic mass is 79.9. The average Bonchev–Trinajstić information content (AvgIpc) is 2.81. The second-order valence-electron chi connectivity index (χ2n) is 8.24. The second kappa shape index (κ2) is 13.3. The second-order valence-corrected chi connectivity index (χ2v) is 10.2. The minimum Gasteiger partial charge on any atom is -0.379 e. The molecule has 0 radical (unpaired) electrons. The van der Waals surface area contributed by atoms with E-state index in [2.05, 4.69) is 31.1 Å². The van der Waals surface area contributed by atoms with Crippen molar-refractivity contribution in [3.63, 3.8) is 0 Å². The number of morpholine rings is 1. The predicted molar refractivity (Wildman–Crippen MR) is 136 cm³/mol. The number of halogens is 1. The summed E-state index contributed by atoms with van der Waals surface area (Å²) in [5.41, 5.74) is 2.61. The standard InChI is InChI=1S/C24H33BrN4O3S/c1-18-21(17-19-6-8-20(25)9-7-19)23(31)28(2)24(27-18)33-16-4-3-5-22(30)26-10-11-29-12-14-32-15-13-29/h6-9H,3-5,10-17H2,1-2H3,(H,26,30). The summed E-state index contributed by atoms with van der Waals surface area (Å²) in [5, 5.41) is 3.73. The van der Waals surface area contributed by atoms with Gasteiger partial charge in [0, 0.05) is 67.6 Å². The van der Waals surface area contributed by atoms with E-state index in [0.29, 0.717) is 19.4 Å². The van der Waals surface area contributed by atoms with E-state index in [9.17, 15) is 9.59 Å². The van der Waals surface area contributed by atoms with Gasteiger partial charge in [0.1, 0.15) is 0 Å². The molecule has 1 saturated heterocycles. The molecule has 1 fully saturated rings. The van der Waals surface area contributed by atoms with Gasteiger partial charge in [0.2, 0.25) is 5.91 Å². The number of carbonyl (C=O) groups excluding carboxylic acids is 1. The number of aryl methyl sites for hydroxylation is 1. The van der Waals surface area contributed by atoms with E-state index in [1.807, 2.05) is 31.2 Å². The number of rotatable bonds is 11. The molecule has 0 bridgehead atoms. The van der Waals surface area contributed by atoms with Gasteiger partial charge < -0.3 is 10.1 Å². The van der Waals surface area contributed by atoms with Crippen molar-refractivity contribution in [2.24, 2.45) is 7.05 Å². The Hall–Kier alpha value is -1.68. The summed E-state index contributed by atoms with van der Waals surface area (Å²) in [4.78, 5) is 32.0. The van der Waals surface area contributed by atoms with Crippen LogP contribution in [0.5, 0.6) is 0 Å². The number of aromatic nitrogens is 2. The molecular weight excluding hydrogens is 504 g/mol. The van der Waals surface area contributed by atoms with Crippen LogP contribution in [-0.2, 0) is 23.0 Å². The van der Waals surface area contributed by atoms with Gasteiger partial charge in [-0.15, -0.1) is 0 Å². The number of ether oxygens (including phenoxy) is 1. The lowest BCUT2D eigenvalue weighted by Gasteiger charge is -2.26. The van der Waals surface area contributed by atoms with Crippen molar-refractivity contribution in [1.29, 1.82) is 0 Å². The Morgan fingerprint density at radius 1 is 1.21 bits per heavy atom. The molecule has 1 N–H and O–H groups in total. The first-order valence-corrected chi connectivity index (χ1v) is 13.2. The molecule has 7 nitrogen and oxygen atoms in total. The third kappa shape index (κ3) is 8.24. The fourth-order valence-electron chi connectivity index (χ4n) is 3.69. The lowest BCUT2D eigenvalue weighted by atomic mass is 10.1. The normalized spacial score (nSPS) is 14.4. The molecule has 0 unspecified atom stereocenters. The van der Waals surface area contributed by atoms with Crippen LogP contribution in [0, 0.1) is 6.92 Å². The SMILES string of the molecule is Cc1nc(SCCCCC(=O)NCCN2CCOCC2)n(C)c(=O)c1Cc1ccc(Br)cc1. The van der Waals surface area contributed by atoms with Crippen molar-refractivity contribution < 1.29 is 9.53 Å². The minimum absolute atomic E-state index is 0.00700. The van der Waals surface area contributed by atoms with Gasteiger partial charge in [-0.1, -0.05) is 39.8 Å². The molecule has 1 amide bonds. The number of unbranched alkanes of at least 4 members (excludes halogenated alkanes) is 1. The van der Waals surface area contributed by atoms with E-state index < -0.39 is 0 Å². The molecule has 33 heavy (non-hydrogen) atoms. The van der Waals surface area contributed by atoms with Crippen LogP contribution in [-0.4, -0.2) is 65.5 Å². The molecule has 9 heteroatoms. The highest BCUT2D eigenvalue weighted by molar-refractivity contribution is 9.10. The Bertz CT molecular complexity index is 975. The molecule has 0 aliphatic carbocycles.